The molecule has 0 bridgehead atoms. The standard InChI is InChI=1S/C29H18Cl2F3N3O4/c30-21-11-12-23(24(31)15-21)28(40)41-25-10-2-1-5-19(25)16-35-37-27(39)18-7-4-9-22(14-18)36-26(38)17-6-3-8-20(13-17)29(32,33)34/h1-16H,(H,36,38)(H,37,39). The molecule has 4 aromatic carbocycles. The molecule has 0 heterocycles. The minimum atomic E-state index is -4.60. The van der Waals surface area contributed by atoms with Gasteiger partial charge in [0.05, 0.1) is 22.4 Å². The zero-order valence-corrected chi connectivity index (χ0v) is 22.2. The van der Waals surface area contributed by atoms with E-state index in [1.165, 1.54) is 60.8 Å². The van der Waals surface area contributed by atoms with Crippen LogP contribution >= 0.6 is 23.2 Å². The van der Waals surface area contributed by atoms with Crippen LogP contribution < -0.4 is 15.5 Å². The van der Waals surface area contributed by atoms with Gasteiger partial charge in [0.2, 0.25) is 0 Å². The van der Waals surface area contributed by atoms with Crippen LogP contribution in [0.5, 0.6) is 5.75 Å². The summed E-state index contributed by atoms with van der Waals surface area (Å²) in [6.45, 7) is 0. The summed E-state index contributed by atoms with van der Waals surface area (Å²) in [5.74, 6) is -1.99. The maximum atomic E-state index is 13.0. The smallest absolute Gasteiger partial charge is 0.416 e. The van der Waals surface area contributed by atoms with E-state index in [-0.39, 0.29) is 33.1 Å². The minimum Gasteiger partial charge on any atom is -0.422 e. The summed E-state index contributed by atoms with van der Waals surface area (Å²) < 4.78 is 44.3. The molecular formula is C29H18Cl2F3N3O4. The van der Waals surface area contributed by atoms with Gasteiger partial charge in [0.15, 0.2) is 0 Å². The molecule has 0 fully saturated rings. The van der Waals surface area contributed by atoms with Gasteiger partial charge in [-0.15, -0.1) is 0 Å². The highest BCUT2D eigenvalue weighted by molar-refractivity contribution is 6.36. The van der Waals surface area contributed by atoms with Gasteiger partial charge in [0.1, 0.15) is 5.75 Å². The molecule has 7 nitrogen and oxygen atoms in total. The van der Waals surface area contributed by atoms with Crippen molar-refractivity contribution in [1.29, 1.82) is 0 Å². The molecule has 0 radical (unpaired) electrons. The first-order valence-electron chi connectivity index (χ1n) is 11.7. The van der Waals surface area contributed by atoms with E-state index in [4.69, 9.17) is 27.9 Å². The number of hydrogen-bond acceptors (Lipinski definition) is 5. The molecule has 0 saturated carbocycles. The van der Waals surface area contributed by atoms with Gasteiger partial charge in [-0.3, -0.25) is 9.59 Å². The van der Waals surface area contributed by atoms with Crippen molar-refractivity contribution < 1.29 is 32.3 Å². The number of esters is 1. The number of nitrogens with one attached hydrogen (secondary N) is 2. The second kappa shape index (κ2) is 12.7. The quantitative estimate of drug-likeness (QED) is 0.101. The van der Waals surface area contributed by atoms with Crippen molar-refractivity contribution >= 4 is 52.9 Å². The molecular weight excluding hydrogens is 582 g/mol. The molecule has 2 amide bonds. The minimum absolute atomic E-state index is 0.108. The third kappa shape index (κ3) is 7.71. The Bertz CT molecular complexity index is 1660. The third-order valence-corrected chi connectivity index (χ3v) is 6.02. The second-order valence-electron chi connectivity index (χ2n) is 8.36. The summed E-state index contributed by atoms with van der Waals surface area (Å²) in [6.07, 6.45) is -3.33. The van der Waals surface area contributed by atoms with Crippen LogP contribution in [0.25, 0.3) is 0 Å². The van der Waals surface area contributed by atoms with Crippen molar-refractivity contribution in [2.45, 2.75) is 6.18 Å². The summed E-state index contributed by atoms with van der Waals surface area (Å²) in [6, 6.07) is 20.5. The Morgan fingerprint density at radius 3 is 2.24 bits per heavy atom. The van der Waals surface area contributed by atoms with Gasteiger partial charge in [-0.2, -0.15) is 18.3 Å². The van der Waals surface area contributed by atoms with Gasteiger partial charge in [-0.25, -0.2) is 10.2 Å². The number of halogens is 5. The molecule has 2 N–H and O–H groups in total. The van der Waals surface area contributed by atoms with Crippen molar-refractivity contribution in [2.24, 2.45) is 5.10 Å². The first-order valence-corrected chi connectivity index (χ1v) is 12.5. The first kappa shape index (κ1) is 29.3. The Labute approximate surface area is 241 Å². The number of carbonyl (C=O) groups excluding carboxylic acids is 3. The van der Waals surface area contributed by atoms with Crippen LogP contribution in [0, 0.1) is 0 Å². The maximum absolute atomic E-state index is 13.0. The Kier molecular flexibility index (Phi) is 9.06. The Morgan fingerprint density at radius 2 is 1.51 bits per heavy atom. The normalized spacial score (nSPS) is 11.2. The van der Waals surface area contributed by atoms with Crippen LogP contribution in [-0.4, -0.2) is 24.0 Å². The summed E-state index contributed by atoms with van der Waals surface area (Å²) in [4.78, 5) is 37.7. The molecule has 0 aliphatic heterocycles. The molecule has 0 aliphatic carbocycles. The molecule has 41 heavy (non-hydrogen) atoms. The van der Waals surface area contributed by atoms with E-state index in [0.717, 1.165) is 18.2 Å². The highest BCUT2D eigenvalue weighted by Crippen LogP contribution is 2.30. The SMILES string of the molecule is O=C(NN=Cc1ccccc1OC(=O)c1ccc(Cl)cc1Cl)c1cccc(NC(=O)c2cccc(C(F)(F)F)c2)c1. The zero-order valence-electron chi connectivity index (χ0n) is 20.7. The number of carbonyl (C=O) groups is 3. The Hall–Kier alpha value is -4.67. The average Bonchev–Trinajstić information content (AvgIpc) is 2.93. The van der Waals surface area contributed by atoms with Gasteiger partial charge in [0, 0.05) is 27.4 Å². The molecule has 0 unspecified atom stereocenters. The maximum Gasteiger partial charge on any atom is 0.416 e. The zero-order chi connectivity index (χ0) is 29.6. The van der Waals surface area contributed by atoms with Crippen molar-refractivity contribution in [1.82, 2.24) is 5.43 Å². The van der Waals surface area contributed by atoms with Crippen LogP contribution in [0.2, 0.25) is 10.0 Å². The van der Waals surface area contributed by atoms with Crippen molar-refractivity contribution in [3.8, 4) is 5.75 Å². The second-order valence-corrected chi connectivity index (χ2v) is 9.21. The van der Waals surface area contributed by atoms with Crippen LogP contribution in [0.1, 0.15) is 42.2 Å². The van der Waals surface area contributed by atoms with Crippen molar-refractivity contribution in [3.63, 3.8) is 0 Å². The number of anilines is 1. The van der Waals surface area contributed by atoms with E-state index in [9.17, 15) is 27.6 Å². The van der Waals surface area contributed by atoms with E-state index < -0.39 is 29.5 Å². The number of amides is 2. The fraction of sp³-hybridized carbons (Fsp3) is 0.0345. The number of hydrogen-bond donors (Lipinski definition) is 2. The fourth-order valence-corrected chi connectivity index (χ4v) is 3.98. The molecule has 208 valence electrons. The highest BCUT2D eigenvalue weighted by Gasteiger charge is 2.31. The van der Waals surface area contributed by atoms with Crippen LogP contribution in [0.15, 0.2) is 96.1 Å². The molecule has 4 aromatic rings. The van der Waals surface area contributed by atoms with E-state index >= 15 is 0 Å². The number of nitrogens with zero attached hydrogens (tertiary/aromatic N) is 1. The largest absolute Gasteiger partial charge is 0.422 e. The number of hydrazone groups is 1. The summed E-state index contributed by atoms with van der Waals surface area (Å²) >= 11 is 11.9. The van der Waals surface area contributed by atoms with E-state index in [2.05, 4.69) is 15.8 Å². The molecule has 0 aromatic heterocycles. The van der Waals surface area contributed by atoms with Gasteiger partial charge in [0.25, 0.3) is 11.8 Å². The number of para-hydroxylation sites is 1. The average molecular weight is 600 g/mol. The molecule has 12 heteroatoms. The Balaban J connectivity index is 1.41. The van der Waals surface area contributed by atoms with Gasteiger partial charge >= 0.3 is 12.1 Å². The predicted octanol–water partition coefficient (Wildman–Crippen LogP) is 7.25. The lowest BCUT2D eigenvalue weighted by Crippen LogP contribution is -2.19. The van der Waals surface area contributed by atoms with Crippen molar-refractivity contribution in [3.05, 3.63) is 129 Å². The molecule has 0 aliphatic rings. The molecule has 4 rings (SSSR count). The van der Waals surface area contributed by atoms with Crippen LogP contribution in [0.4, 0.5) is 18.9 Å². The summed E-state index contributed by atoms with van der Waals surface area (Å²) in [5.41, 5.74) is 1.94. The van der Waals surface area contributed by atoms with Crippen LogP contribution in [0.3, 0.4) is 0 Å². The molecule has 0 spiro atoms. The van der Waals surface area contributed by atoms with Gasteiger partial charge < -0.3 is 10.1 Å². The first-order chi connectivity index (χ1) is 19.5. The lowest BCUT2D eigenvalue weighted by atomic mass is 10.1. The topological polar surface area (TPSA) is 96.9 Å². The van der Waals surface area contributed by atoms with Crippen molar-refractivity contribution in [2.75, 3.05) is 5.32 Å². The van der Waals surface area contributed by atoms with E-state index in [0.29, 0.717) is 10.6 Å². The Morgan fingerprint density at radius 1 is 0.805 bits per heavy atom. The number of rotatable bonds is 7. The lowest BCUT2D eigenvalue weighted by Gasteiger charge is -2.10. The monoisotopic (exact) mass is 599 g/mol. The number of benzene rings is 4. The van der Waals surface area contributed by atoms with E-state index in [1.807, 2.05) is 0 Å². The summed E-state index contributed by atoms with van der Waals surface area (Å²) in [5, 5.41) is 6.85. The third-order valence-electron chi connectivity index (χ3n) is 5.48. The highest BCUT2D eigenvalue weighted by atomic mass is 35.5. The van der Waals surface area contributed by atoms with Gasteiger partial charge in [-0.05, 0) is 66.7 Å². The summed E-state index contributed by atoms with van der Waals surface area (Å²) in [7, 11) is 0. The van der Waals surface area contributed by atoms with Crippen LogP contribution in [-0.2, 0) is 6.18 Å². The van der Waals surface area contributed by atoms with Gasteiger partial charge in [-0.1, -0.05) is 47.5 Å². The predicted molar refractivity (Wildman–Crippen MR) is 149 cm³/mol. The lowest BCUT2D eigenvalue weighted by molar-refractivity contribution is -0.137. The fourth-order valence-electron chi connectivity index (χ4n) is 3.49. The number of ether oxygens (including phenoxy) is 1. The molecule has 0 atom stereocenters. The van der Waals surface area contributed by atoms with E-state index in [1.54, 1.807) is 18.2 Å². The number of alkyl halides is 3. The molecule has 0 saturated heterocycles.